The fourth-order valence-corrected chi connectivity index (χ4v) is 4.93. The first kappa shape index (κ1) is 40.9. The van der Waals surface area contributed by atoms with Crippen molar-refractivity contribution in [2.75, 3.05) is 54.6 Å². The maximum Gasteiger partial charge on any atom is 0.246 e. The molecule has 3 amide bonds. The molecule has 0 atom stereocenters. The SMILES string of the molecule is COc1cc(/C=C/C(=O)NCCCN(CCCCNC(=O)/C=C/c2cc(OC)c(O)c(OC)c2)C(=O)/C=C/c2cc(O)c(O)c(OC)c2)cc(O)c1O. The lowest BCUT2D eigenvalue weighted by Crippen LogP contribution is -2.34. The lowest BCUT2D eigenvalue weighted by Gasteiger charge is -2.21. The van der Waals surface area contributed by atoms with Crippen LogP contribution in [0.25, 0.3) is 18.2 Å². The number of nitrogens with one attached hydrogen (secondary N) is 2. The molecule has 0 spiro atoms. The Morgan fingerprint density at radius 3 is 1.38 bits per heavy atom. The largest absolute Gasteiger partial charge is 0.504 e. The van der Waals surface area contributed by atoms with Crippen molar-refractivity contribution >= 4 is 35.9 Å². The number of carbonyl (C=O) groups excluding carboxylic acids is 3. The predicted octanol–water partition coefficient (Wildman–Crippen LogP) is 3.92. The van der Waals surface area contributed by atoms with Gasteiger partial charge in [0.15, 0.2) is 34.5 Å². The van der Waals surface area contributed by atoms with Crippen LogP contribution in [0.15, 0.2) is 54.6 Å². The van der Waals surface area contributed by atoms with Gasteiger partial charge >= 0.3 is 0 Å². The summed E-state index contributed by atoms with van der Waals surface area (Å²) in [6, 6.07) is 8.62. The van der Waals surface area contributed by atoms with Crippen molar-refractivity contribution in [2.24, 2.45) is 0 Å². The molecular weight excluding hydrogens is 690 g/mol. The Morgan fingerprint density at radius 2 is 0.925 bits per heavy atom. The Hall–Kier alpha value is -6.51. The molecule has 0 unspecified atom stereocenters. The van der Waals surface area contributed by atoms with Gasteiger partial charge in [-0.2, -0.15) is 0 Å². The van der Waals surface area contributed by atoms with Gasteiger partial charge in [-0.25, -0.2) is 0 Å². The molecule has 15 nitrogen and oxygen atoms in total. The summed E-state index contributed by atoms with van der Waals surface area (Å²) in [4.78, 5) is 39.7. The number of nitrogens with zero attached hydrogens (tertiary/aromatic N) is 1. The molecule has 0 heterocycles. The van der Waals surface area contributed by atoms with Crippen LogP contribution in [0.3, 0.4) is 0 Å². The first-order chi connectivity index (χ1) is 25.4. The molecule has 0 fully saturated rings. The molecule has 3 aromatic carbocycles. The molecule has 0 bridgehead atoms. The van der Waals surface area contributed by atoms with Gasteiger partial charge in [0.1, 0.15) is 0 Å². The normalized spacial score (nSPS) is 11.2. The Labute approximate surface area is 307 Å². The van der Waals surface area contributed by atoms with E-state index in [-0.39, 0.29) is 53.7 Å². The van der Waals surface area contributed by atoms with Crippen molar-refractivity contribution in [1.29, 1.82) is 0 Å². The second-order valence-corrected chi connectivity index (χ2v) is 11.4. The van der Waals surface area contributed by atoms with Crippen molar-refractivity contribution in [1.82, 2.24) is 15.5 Å². The number of unbranched alkanes of at least 4 members (excludes halogenated alkanes) is 1. The van der Waals surface area contributed by atoms with E-state index in [9.17, 15) is 39.9 Å². The zero-order valence-electron chi connectivity index (χ0n) is 29.9. The smallest absolute Gasteiger partial charge is 0.246 e. The average molecular weight is 736 g/mol. The van der Waals surface area contributed by atoms with Gasteiger partial charge in [0.05, 0.1) is 28.4 Å². The fraction of sp³-hybridized carbons (Fsp3) is 0.289. The lowest BCUT2D eigenvalue weighted by molar-refractivity contribution is -0.126. The summed E-state index contributed by atoms with van der Waals surface area (Å²) in [6.07, 6.45) is 9.92. The molecule has 0 aliphatic heterocycles. The van der Waals surface area contributed by atoms with Crippen LogP contribution >= 0.6 is 0 Å². The van der Waals surface area contributed by atoms with Crippen LogP contribution in [-0.4, -0.2) is 103 Å². The van der Waals surface area contributed by atoms with E-state index in [4.69, 9.17) is 18.9 Å². The van der Waals surface area contributed by atoms with Crippen molar-refractivity contribution in [2.45, 2.75) is 19.3 Å². The van der Waals surface area contributed by atoms with E-state index in [1.807, 2.05) is 0 Å². The molecule has 284 valence electrons. The lowest BCUT2D eigenvalue weighted by atomic mass is 10.1. The van der Waals surface area contributed by atoms with E-state index < -0.39 is 28.9 Å². The van der Waals surface area contributed by atoms with Gasteiger partial charge in [-0.15, -0.1) is 0 Å². The van der Waals surface area contributed by atoms with Gasteiger partial charge in [0, 0.05) is 44.4 Å². The minimum Gasteiger partial charge on any atom is -0.504 e. The van der Waals surface area contributed by atoms with Crippen LogP contribution < -0.4 is 29.6 Å². The Morgan fingerprint density at radius 1 is 0.547 bits per heavy atom. The summed E-state index contributed by atoms with van der Waals surface area (Å²) in [5.41, 5.74) is 1.44. The molecule has 0 radical (unpaired) electrons. The molecule has 15 heteroatoms. The number of benzene rings is 3. The molecule has 0 aliphatic carbocycles. The number of carbonyl (C=O) groups is 3. The van der Waals surface area contributed by atoms with Crippen LogP contribution in [0.4, 0.5) is 0 Å². The molecule has 0 aromatic heterocycles. The number of hydrogen-bond acceptors (Lipinski definition) is 12. The highest BCUT2D eigenvalue weighted by atomic mass is 16.5. The highest BCUT2D eigenvalue weighted by molar-refractivity contribution is 5.93. The summed E-state index contributed by atoms with van der Waals surface area (Å²) in [6.45, 7) is 1.20. The van der Waals surface area contributed by atoms with Gasteiger partial charge in [-0.05, 0) is 90.6 Å². The molecule has 0 saturated heterocycles. The number of aromatic hydroxyl groups is 5. The number of phenolic OH excluding ortho intramolecular Hbond substituents is 5. The maximum absolute atomic E-state index is 13.3. The summed E-state index contributed by atoms with van der Waals surface area (Å²) in [5, 5.41) is 55.1. The quantitative estimate of drug-likeness (QED) is 0.0530. The minimum atomic E-state index is -0.418. The van der Waals surface area contributed by atoms with Gasteiger partial charge in [0.2, 0.25) is 35.0 Å². The number of methoxy groups -OCH3 is 4. The standard InChI is InChI=1S/C38H45N3O12/c1-50-29-20-24(18-27(42)36(29)47)8-11-34(45)40-15-7-17-41(35(46)13-10-25-19-28(43)37(48)30(21-25)51-2)16-6-5-14-39-33(44)12-9-26-22-31(52-3)38(49)32(23-26)53-4/h8-13,18-23,42-43,47-49H,5-7,14-17H2,1-4H3,(H,39,44)(H,40,45)/b11-8+,12-9+,13-10+. The first-order valence-electron chi connectivity index (χ1n) is 16.4. The molecule has 0 aliphatic rings. The molecule has 0 saturated carbocycles. The zero-order chi connectivity index (χ0) is 38.9. The van der Waals surface area contributed by atoms with Crippen molar-refractivity contribution in [3.05, 3.63) is 71.3 Å². The number of amides is 3. The van der Waals surface area contributed by atoms with Gasteiger partial charge in [-0.3, -0.25) is 14.4 Å². The second kappa shape index (κ2) is 20.4. The van der Waals surface area contributed by atoms with Gasteiger partial charge in [-0.1, -0.05) is 0 Å². The van der Waals surface area contributed by atoms with Crippen LogP contribution in [0.1, 0.15) is 36.0 Å². The second-order valence-electron chi connectivity index (χ2n) is 11.4. The third kappa shape index (κ3) is 12.3. The van der Waals surface area contributed by atoms with E-state index in [1.54, 1.807) is 23.1 Å². The van der Waals surface area contributed by atoms with Crippen LogP contribution in [-0.2, 0) is 14.4 Å². The number of phenols is 5. The van der Waals surface area contributed by atoms with E-state index in [0.29, 0.717) is 49.0 Å². The number of ether oxygens (including phenoxy) is 4. The molecule has 7 N–H and O–H groups in total. The summed E-state index contributed by atoms with van der Waals surface area (Å²) in [7, 11) is 5.48. The fourth-order valence-electron chi connectivity index (χ4n) is 4.93. The highest BCUT2D eigenvalue weighted by Gasteiger charge is 2.14. The summed E-state index contributed by atoms with van der Waals surface area (Å²) >= 11 is 0. The third-order valence-corrected chi connectivity index (χ3v) is 7.74. The molecule has 53 heavy (non-hydrogen) atoms. The van der Waals surface area contributed by atoms with Gasteiger partial charge < -0.3 is 60.0 Å². The van der Waals surface area contributed by atoms with E-state index in [2.05, 4.69) is 10.6 Å². The van der Waals surface area contributed by atoms with E-state index in [0.717, 1.165) is 0 Å². The van der Waals surface area contributed by atoms with Crippen molar-refractivity contribution in [3.63, 3.8) is 0 Å². The summed E-state index contributed by atoms with van der Waals surface area (Å²) in [5.74, 6) is -2.36. The van der Waals surface area contributed by atoms with Crippen LogP contribution in [0.2, 0.25) is 0 Å². The Balaban J connectivity index is 1.57. The average Bonchev–Trinajstić information content (AvgIpc) is 3.15. The Bertz CT molecular complexity index is 1810. The Kier molecular flexibility index (Phi) is 15.7. The molecular formula is C38H45N3O12. The van der Waals surface area contributed by atoms with Gasteiger partial charge in [0.25, 0.3) is 0 Å². The van der Waals surface area contributed by atoms with Crippen LogP contribution in [0.5, 0.6) is 51.7 Å². The number of rotatable bonds is 19. The monoisotopic (exact) mass is 735 g/mol. The van der Waals surface area contributed by atoms with E-state index in [1.165, 1.54) is 83.1 Å². The highest BCUT2D eigenvalue weighted by Crippen LogP contribution is 2.38. The van der Waals surface area contributed by atoms with E-state index >= 15 is 0 Å². The predicted molar refractivity (Wildman–Crippen MR) is 197 cm³/mol. The summed E-state index contributed by atoms with van der Waals surface area (Å²) < 4.78 is 20.3. The molecule has 3 rings (SSSR count). The molecule has 3 aromatic rings. The maximum atomic E-state index is 13.3. The zero-order valence-corrected chi connectivity index (χ0v) is 29.9. The first-order valence-corrected chi connectivity index (χ1v) is 16.4. The topological polar surface area (TPSA) is 217 Å². The minimum absolute atomic E-state index is 0.0412. The van der Waals surface area contributed by atoms with Crippen molar-refractivity contribution < 1.29 is 58.9 Å². The third-order valence-electron chi connectivity index (χ3n) is 7.74. The number of hydrogen-bond donors (Lipinski definition) is 7. The van der Waals surface area contributed by atoms with Crippen LogP contribution in [0, 0.1) is 0 Å². The van der Waals surface area contributed by atoms with Crippen molar-refractivity contribution in [3.8, 4) is 51.7 Å².